The highest BCUT2D eigenvalue weighted by atomic mass is 35.5. The van der Waals surface area contributed by atoms with E-state index in [1.807, 2.05) is 17.0 Å². The Morgan fingerprint density at radius 3 is 2.64 bits per heavy atom. The van der Waals surface area contributed by atoms with Crippen molar-refractivity contribution in [3.05, 3.63) is 53.2 Å². The average molecular weight is 370 g/mol. The molecule has 1 aromatic heterocycles. The molecule has 1 aromatic carbocycles. The molecule has 1 saturated heterocycles. The molecular formula is C17H15ClF3N3O. The third kappa shape index (κ3) is 4.04. The maximum Gasteiger partial charge on any atom is 0.416 e. The second-order valence-corrected chi connectivity index (χ2v) is 6.18. The molecule has 1 aliphatic heterocycles. The zero-order valence-electron chi connectivity index (χ0n) is 13.1. The smallest absolute Gasteiger partial charge is 0.360 e. The van der Waals surface area contributed by atoms with Gasteiger partial charge in [-0.3, -0.25) is 4.79 Å². The Balaban J connectivity index is 1.75. The summed E-state index contributed by atoms with van der Waals surface area (Å²) in [6.45, 7) is 0.690. The minimum atomic E-state index is -4.48. The predicted octanol–water partition coefficient (Wildman–Crippen LogP) is 4.36. The second kappa shape index (κ2) is 6.92. The Kier molecular flexibility index (Phi) is 4.85. The van der Waals surface area contributed by atoms with Gasteiger partial charge < -0.3 is 10.2 Å². The zero-order valence-corrected chi connectivity index (χ0v) is 13.8. The number of alkyl halides is 3. The van der Waals surface area contributed by atoms with Gasteiger partial charge in [-0.1, -0.05) is 11.6 Å². The van der Waals surface area contributed by atoms with Crippen molar-refractivity contribution in [2.75, 3.05) is 16.8 Å². The van der Waals surface area contributed by atoms with Crippen LogP contribution in [0.3, 0.4) is 0 Å². The number of pyridine rings is 1. The van der Waals surface area contributed by atoms with Gasteiger partial charge in [0.05, 0.1) is 5.56 Å². The van der Waals surface area contributed by atoms with Crippen LogP contribution in [-0.2, 0) is 11.0 Å². The predicted molar refractivity (Wildman–Crippen MR) is 89.7 cm³/mol. The van der Waals surface area contributed by atoms with Crippen molar-refractivity contribution in [2.45, 2.75) is 25.1 Å². The lowest BCUT2D eigenvalue weighted by molar-refractivity contribution is -0.137. The van der Waals surface area contributed by atoms with E-state index < -0.39 is 17.8 Å². The summed E-state index contributed by atoms with van der Waals surface area (Å²) in [4.78, 5) is 18.2. The lowest BCUT2D eigenvalue weighted by Gasteiger charge is -2.26. The number of halogens is 4. The van der Waals surface area contributed by atoms with Crippen molar-refractivity contribution < 1.29 is 18.0 Å². The number of aromatic nitrogens is 1. The number of hydrogen-bond acceptors (Lipinski definition) is 3. The summed E-state index contributed by atoms with van der Waals surface area (Å²) in [7, 11) is 0. The molecule has 3 rings (SSSR count). The van der Waals surface area contributed by atoms with Gasteiger partial charge in [0.1, 0.15) is 11.9 Å². The molecule has 1 aliphatic rings. The fraction of sp³-hybridized carbons (Fsp3) is 0.294. The van der Waals surface area contributed by atoms with E-state index in [0.29, 0.717) is 18.0 Å². The number of nitrogens with one attached hydrogen (secondary N) is 1. The van der Waals surface area contributed by atoms with Crippen molar-refractivity contribution in [3.63, 3.8) is 0 Å². The normalized spacial score (nSPS) is 17.6. The molecule has 0 radical (unpaired) electrons. The summed E-state index contributed by atoms with van der Waals surface area (Å²) in [5, 5.41) is 3.08. The Hall–Kier alpha value is -2.28. The number of amides is 1. The lowest BCUT2D eigenvalue weighted by Crippen LogP contribution is -2.39. The molecule has 8 heteroatoms. The first-order valence-corrected chi connectivity index (χ1v) is 8.09. The van der Waals surface area contributed by atoms with Crippen LogP contribution in [0.2, 0.25) is 5.02 Å². The number of benzene rings is 1. The first kappa shape index (κ1) is 17.5. The number of anilines is 2. The zero-order chi connectivity index (χ0) is 18.0. The third-order valence-corrected chi connectivity index (χ3v) is 4.30. The van der Waals surface area contributed by atoms with E-state index in [1.165, 1.54) is 0 Å². The number of rotatable bonds is 3. The molecular weight excluding hydrogens is 355 g/mol. The third-order valence-electron chi connectivity index (χ3n) is 4.05. The van der Waals surface area contributed by atoms with Crippen molar-refractivity contribution in [1.82, 2.24) is 4.98 Å². The van der Waals surface area contributed by atoms with Crippen LogP contribution < -0.4 is 10.2 Å². The van der Waals surface area contributed by atoms with Crippen LogP contribution in [0, 0.1) is 0 Å². The van der Waals surface area contributed by atoms with Crippen LogP contribution in [0.1, 0.15) is 18.4 Å². The van der Waals surface area contributed by atoms with E-state index in [2.05, 4.69) is 10.3 Å². The molecule has 2 heterocycles. The molecule has 0 saturated carbocycles. The summed E-state index contributed by atoms with van der Waals surface area (Å²) >= 11 is 5.88. The van der Waals surface area contributed by atoms with Crippen molar-refractivity contribution in [3.8, 4) is 0 Å². The minimum Gasteiger partial charge on any atom is -0.360 e. The van der Waals surface area contributed by atoms with Crippen LogP contribution in [-0.4, -0.2) is 23.5 Å². The Morgan fingerprint density at radius 1 is 1.24 bits per heavy atom. The Bertz CT molecular complexity index is 764. The molecule has 0 spiro atoms. The first-order valence-electron chi connectivity index (χ1n) is 7.71. The largest absolute Gasteiger partial charge is 0.416 e. The fourth-order valence-electron chi connectivity index (χ4n) is 2.87. The van der Waals surface area contributed by atoms with Gasteiger partial charge in [-0.15, -0.1) is 0 Å². The minimum absolute atomic E-state index is 0.109. The highest BCUT2D eigenvalue weighted by molar-refractivity contribution is 6.30. The lowest BCUT2D eigenvalue weighted by atomic mass is 10.2. The number of nitrogens with zero attached hydrogens (tertiary/aromatic N) is 2. The maximum atomic E-state index is 12.8. The SMILES string of the molecule is O=C(Nc1cc(C(F)(F)F)ccn1)C1CCCN1c1ccc(Cl)cc1. The summed E-state index contributed by atoms with van der Waals surface area (Å²) in [5.74, 6) is -0.484. The number of carbonyl (C=O) groups excluding carboxylic acids is 1. The Morgan fingerprint density at radius 2 is 1.96 bits per heavy atom. The highest BCUT2D eigenvalue weighted by Crippen LogP contribution is 2.31. The van der Waals surface area contributed by atoms with Crippen molar-refractivity contribution in [1.29, 1.82) is 0 Å². The molecule has 132 valence electrons. The van der Waals surface area contributed by atoms with E-state index in [-0.39, 0.29) is 11.7 Å². The number of hydrogen-bond donors (Lipinski definition) is 1. The molecule has 1 fully saturated rings. The number of carbonyl (C=O) groups is 1. The topological polar surface area (TPSA) is 45.2 Å². The first-order chi connectivity index (χ1) is 11.8. The van der Waals surface area contributed by atoms with Gasteiger partial charge in [0.15, 0.2) is 0 Å². The van der Waals surface area contributed by atoms with Crippen LogP contribution >= 0.6 is 11.6 Å². The monoisotopic (exact) mass is 369 g/mol. The van der Waals surface area contributed by atoms with Crippen LogP contribution in [0.4, 0.5) is 24.7 Å². The fourth-order valence-corrected chi connectivity index (χ4v) is 2.99. The molecule has 0 aliphatic carbocycles. The van der Waals surface area contributed by atoms with E-state index in [4.69, 9.17) is 11.6 Å². The van der Waals surface area contributed by atoms with Gasteiger partial charge >= 0.3 is 6.18 Å². The molecule has 25 heavy (non-hydrogen) atoms. The average Bonchev–Trinajstić information content (AvgIpc) is 3.05. The standard InChI is InChI=1S/C17H15ClF3N3O/c18-12-3-5-13(6-4-12)24-9-1-2-14(24)16(25)23-15-10-11(7-8-22-15)17(19,20)21/h3-8,10,14H,1-2,9H2,(H,22,23,25). The maximum absolute atomic E-state index is 12.8. The molecule has 1 N–H and O–H groups in total. The van der Waals surface area contributed by atoms with E-state index in [9.17, 15) is 18.0 Å². The van der Waals surface area contributed by atoms with Gasteiger partial charge in [-0.2, -0.15) is 13.2 Å². The Labute approximate surface area is 147 Å². The molecule has 4 nitrogen and oxygen atoms in total. The molecule has 1 amide bonds. The van der Waals surface area contributed by atoms with Crippen molar-refractivity contribution >= 4 is 29.0 Å². The summed E-state index contributed by atoms with van der Waals surface area (Å²) < 4.78 is 38.3. The molecule has 1 atom stereocenters. The van der Waals surface area contributed by atoms with Crippen LogP contribution in [0.25, 0.3) is 0 Å². The van der Waals surface area contributed by atoms with E-state index >= 15 is 0 Å². The summed E-state index contributed by atoms with van der Waals surface area (Å²) in [6.07, 6.45) is -2.01. The summed E-state index contributed by atoms with van der Waals surface area (Å²) in [5.41, 5.74) is -0.00201. The van der Waals surface area contributed by atoms with Crippen molar-refractivity contribution in [2.24, 2.45) is 0 Å². The van der Waals surface area contributed by atoms with Gasteiger partial charge in [0.25, 0.3) is 0 Å². The highest BCUT2D eigenvalue weighted by Gasteiger charge is 2.33. The van der Waals surface area contributed by atoms with Gasteiger partial charge in [-0.05, 0) is 49.2 Å². The molecule has 1 unspecified atom stereocenters. The molecule has 0 bridgehead atoms. The second-order valence-electron chi connectivity index (χ2n) is 5.74. The summed E-state index contributed by atoms with van der Waals surface area (Å²) in [6, 6.07) is 8.34. The quantitative estimate of drug-likeness (QED) is 0.874. The van der Waals surface area contributed by atoms with E-state index in [0.717, 1.165) is 30.4 Å². The van der Waals surface area contributed by atoms with Gasteiger partial charge in [0.2, 0.25) is 5.91 Å². The van der Waals surface area contributed by atoms with Crippen LogP contribution in [0.15, 0.2) is 42.6 Å². The molecule has 2 aromatic rings. The van der Waals surface area contributed by atoms with Crippen LogP contribution in [0.5, 0.6) is 0 Å². The van der Waals surface area contributed by atoms with Gasteiger partial charge in [-0.25, -0.2) is 4.98 Å². The van der Waals surface area contributed by atoms with E-state index in [1.54, 1.807) is 12.1 Å². The van der Waals surface area contributed by atoms with Gasteiger partial charge in [0, 0.05) is 23.5 Å².